The summed E-state index contributed by atoms with van der Waals surface area (Å²) >= 11 is 0. The molecule has 2 N–H and O–H groups in total. The molecule has 8 nitrogen and oxygen atoms in total. The minimum Gasteiger partial charge on any atom is -0.490 e. The van der Waals surface area contributed by atoms with Gasteiger partial charge < -0.3 is 15.4 Å². The number of nitro groups is 1. The lowest BCUT2D eigenvalue weighted by atomic mass is 9.94. The zero-order valence-electron chi connectivity index (χ0n) is 14.2. The molecule has 1 aliphatic heterocycles. The van der Waals surface area contributed by atoms with Gasteiger partial charge in [0.25, 0.3) is 11.6 Å². The van der Waals surface area contributed by atoms with Crippen LogP contribution in [0.5, 0.6) is 5.75 Å². The molecule has 1 heterocycles. The highest BCUT2D eigenvalue weighted by Crippen LogP contribution is 2.34. The lowest BCUT2D eigenvalue weighted by Gasteiger charge is -2.18. The molecule has 0 aliphatic carbocycles. The van der Waals surface area contributed by atoms with E-state index in [9.17, 15) is 19.7 Å². The molecule has 0 unspecified atom stereocenters. The van der Waals surface area contributed by atoms with Gasteiger partial charge >= 0.3 is 0 Å². The fourth-order valence-electron chi connectivity index (χ4n) is 2.41. The van der Waals surface area contributed by atoms with Gasteiger partial charge in [0.1, 0.15) is 12.4 Å². The Hall–Kier alpha value is -3.42. The summed E-state index contributed by atoms with van der Waals surface area (Å²) in [5.74, 6) is -0.162. The molecule has 0 saturated carbocycles. The van der Waals surface area contributed by atoms with Gasteiger partial charge in [-0.2, -0.15) is 0 Å². The first-order valence-electron chi connectivity index (χ1n) is 7.90. The topological polar surface area (TPSA) is 111 Å². The number of hydrogen-bond donors (Lipinski definition) is 2. The van der Waals surface area contributed by atoms with Crippen molar-refractivity contribution in [2.75, 3.05) is 17.2 Å². The van der Waals surface area contributed by atoms with Crippen LogP contribution in [0.15, 0.2) is 42.5 Å². The van der Waals surface area contributed by atoms with E-state index in [2.05, 4.69) is 10.6 Å². The maximum Gasteiger partial charge on any atom is 0.270 e. The van der Waals surface area contributed by atoms with E-state index in [0.717, 1.165) is 0 Å². The van der Waals surface area contributed by atoms with Crippen LogP contribution in [0, 0.1) is 15.5 Å². The number of carbonyl (C=O) groups excluding carboxylic acids is 2. The van der Waals surface area contributed by atoms with Crippen molar-refractivity contribution < 1.29 is 19.2 Å². The van der Waals surface area contributed by atoms with E-state index >= 15 is 0 Å². The minimum atomic E-state index is -0.675. The molecule has 1 aliphatic rings. The smallest absolute Gasteiger partial charge is 0.270 e. The fraction of sp³-hybridized carbons (Fsp3) is 0.222. The van der Waals surface area contributed by atoms with Crippen LogP contribution in [-0.2, 0) is 4.79 Å². The number of amides is 2. The van der Waals surface area contributed by atoms with Crippen LogP contribution in [-0.4, -0.2) is 23.3 Å². The van der Waals surface area contributed by atoms with Crippen molar-refractivity contribution in [3.63, 3.8) is 0 Å². The second-order valence-electron chi connectivity index (χ2n) is 6.60. The highest BCUT2D eigenvalue weighted by atomic mass is 16.6. The molecule has 0 fully saturated rings. The largest absolute Gasteiger partial charge is 0.490 e. The van der Waals surface area contributed by atoms with Gasteiger partial charge in [0, 0.05) is 23.4 Å². The van der Waals surface area contributed by atoms with Crippen LogP contribution in [0.25, 0.3) is 0 Å². The van der Waals surface area contributed by atoms with Crippen LogP contribution in [0.2, 0.25) is 0 Å². The average Bonchev–Trinajstić information content (AvgIpc) is 2.71. The quantitative estimate of drug-likeness (QED) is 0.649. The summed E-state index contributed by atoms with van der Waals surface area (Å²) < 4.78 is 5.65. The zero-order chi connectivity index (χ0) is 18.9. The molecule has 2 amide bonds. The van der Waals surface area contributed by atoms with Gasteiger partial charge in [0.05, 0.1) is 16.0 Å². The molecule has 2 aromatic rings. The van der Waals surface area contributed by atoms with Crippen LogP contribution in [0.1, 0.15) is 24.2 Å². The van der Waals surface area contributed by atoms with E-state index in [1.165, 1.54) is 24.3 Å². The molecule has 2 aromatic carbocycles. The molecular formula is C18H17N3O5. The monoisotopic (exact) mass is 355 g/mol. The molecule has 0 atom stereocenters. The Kier molecular flexibility index (Phi) is 4.33. The number of rotatable bonds is 3. The molecule has 0 aromatic heterocycles. The number of benzene rings is 2. The van der Waals surface area contributed by atoms with Crippen LogP contribution in [0.3, 0.4) is 0 Å². The molecule has 134 valence electrons. The van der Waals surface area contributed by atoms with Gasteiger partial charge in [-0.05, 0) is 38.1 Å². The van der Waals surface area contributed by atoms with Gasteiger partial charge in [-0.25, -0.2) is 0 Å². The normalized spacial score (nSPS) is 15.1. The summed E-state index contributed by atoms with van der Waals surface area (Å²) in [5, 5.41) is 16.3. The third-order valence-electron chi connectivity index (χ3n) is 4.01. The Morgan fingerprint density at radius 2 is 2.04 bits per heavy atom. The first-order valence-corrected chi connectivity index (χ1v) is 7.90. The van der Waals surface area contributed by atoms with Crippen molar-refractivity contribution in [3.05, 3.63) is 58.1 Å². The Morgan fingerprint density at radius 3 is 2.77 bits per heavy atom. The van der Waals surface area contributed by atoms with Crippen molar-refractivity contribution in [2.24, 2.45) is 5.41 Å². The maximum atomic E-state index is 12.3. The number of carbonyl (C=O) groups is 2. The van der Waals surface area contributed by atoms with Crippen molar-refractivity contribution in [3.8, 4) is 5.75 Å². The number of ether oxygens (including phenoxy) is 1. The maximum absolute atomic E-state index is 12.3. The van der Waals surface area contributed by atoms with Gasteiger partial charge in [0.15, 0.2) is 0 Å². The molecule has 0 saturated heterocycles. The van der Waals surface area contributed by atoms with Gasteiger partial charge in [-0.15, -0.1) is 0 Å². The summed E-state index contributed by atoms with van der Waals surface area (Å²) in [5.41, 5.74) is 0.213. The van der Waals surface area contributed by atoms with Crippen molar-refractivity contribution >= 4 is 28.9 Å². The lowest BCUT2D eigenvalue weighted by Crippen LogP contribution is -2.33. The van der Waals surface area contributed by atoms with Crippen molar-refractivity contribution in [2.45, 2.75) is 13.8 Å². The van der Waals surface area contributed by atoms with Crippen molar-refractivity contribution in [1.82, 2.24) is 0 Å². The molecule has 3 rings (SSSR count). The highest BCUT2D eigenvalue weighted by Gasteiger charge is 2.32. The number of nitrogens with one attached hydrogen (secondary N) is 2. The summed E-state index contributed by atoms with van der Waals surface area (Å²) in [6.45, 7) is 3.80. The van der Waals surface area contributed by atoms with E-state index in [4.69, 9.17) is 4.74 Å². The van der Waals surface area contributed by atoms with E-state index in [0.29, 0.717) is 17.1 Å². The highest BCUT2D eigenvalue weighted by molar-refractivity contribution is 6.05. The first-order chi connectivity index (χ1) is 12.3. The molecule has 26 heavy (non-hydrogen) atoms. The zero-order valence-corrected chi connectivity index (χ0v) is 14.2. The van der Waals surface area contributed by atoms with E-state index in [1.807, 2.05) is 0 Å². The number of nitro benzene ring substituents is 1. The SMILES string of the molecule is CC1(C)COc2ccc(NC(=O)c3cccc([N+](=O)[O-])c3)cc2NC1=O. The standard InChI is InChI=1S/C18H17N3O5/c1-18(2)10-26-15-7-6-12(9-14(15)20-17(18)23)19-16(22)11-4-3-5-13(8-11)21(24)25/h3-9H,10H2,1-2H3,(H,19,22)(H,20,23). The lowest BCUT2D eigenvalue weighted by molar-refractivity contribution is -0.384. The van der Waals surface area contributed by atoms with E-state index < -0.39 is 16.2 Å². The predicted molar refractivity (Wildman–Crippen MR) is 95.4 cm³/mol. The Labute approximate surface area is 149 Å². The second kappa shape index (κ2) is 6.47. The molecular weight excluding hydrogens is 338 g/mol. The summed E-state index contributed by atoms with van der Waals surface area (Å²) in [6, 6.07) is 10.3. The minimum absolute atomic E-state index is 0.163. The summed E-state index contributed by atoms with van der Waals surface area (Å²) in [7, 11) is 0. The third-order valence-corrected chi connectivity index (χ3v) is 4.01. The van der Waals surface area contributed by atoms with Crippen LogP contribution < -0.4 is 15.4 Å². The Bertz CT molecular complexity index is 907. The number of non-ortho nitro benzene ring substituents is 1. The average molecular weight is 355 g/mol. The number of anilines is 2. The van der Waals surface area contributed by atoms with Gasteiger partial charge in [-0.3, -0.25) is 19.7 Å². The van der Waals surface area contributed by atoms with Gasteiger partial charge in [-0.1, -0.05) is 6.07 Å². The van der Waals surface area contributed by atoms with Crippen LogP contribution >= 0.6 is 0 Å². The number of nitrogens with zero attached hydrogens (tertiary/aromatic N) is 1. The third kappa shape index (κ3) is 3.49. The fourth-order valence-corrected chi connectivity index (χ4v) is 2.41. The Morgan fingerprint density at radius 1 is 1.27 bits per heavy atom. The first kappa shape index (κ1) is 17.4. The second-order valence-corrected chi connectivity index (χ2v) is 6.60. The molecule has 0 spiro atoms. The molecule has 0 bridgehead atoms. The molecule has 8 heteroatoms. The van der Waals surface area contributed by atoms with Crippen molar-refractivity contribution in [1.29, 1.82) is 0 Å². The summed E-state index contributed by atoms with van der Waals surface area (Å²) in [4.78, 5) is 34.8. The number of fused-ring (bicyclic) bond motifs is 1. The van der Waals surface area contributed by atoms with E-state index in [1.54, 1.807) is 32.0 Å². The molecule has 0 radical (unpaired) electrons. The van der Waals surface area contributed by atoms with Gasteiger partial charge in [0.2, 0.25) is 5.91 Å². The van der Waals surface area contributed by atoms with E-state index in [-0.39, 0.29) is 23.8 Å². The number of hydrogen-bond acceptors (Lipinski definition) is 5. The summed E-state index contributed by atoms with van der Waals surface area (Å²) in [6.07, 6.45) is 0. The predicted octanol–water partition coefficient (Wildman–Crippen LogP) is 3.20. The Balaban J connectivity index is 1.82. The van der Waals surface area contributed by atoms with Crippen LogP contribution in [0.4, 0.5) is 17.1 Å².